The topological polar surface area (TPSA) is 144 Å². The van der Waals surface area contributed by atoms with Gasteiger partial charge < -0.3 is 10.6 Å². The molecule has 0 radical (unpaired) electrons. The van der Waals surface area contributed by atoms with Gasteiger partial charge in [0.1, 0.15) is 5.82 Å². The van der Waals surface area contributed by atoms with Crippen molar-refractivity contribution in [3.8, 4) is 0 Å². The highest BCUT2D eigenvalue weighted by atomic mass is 35.5. The second-order valence-electron chi connectivity index (χ2n) is 6.54. The molecule has 31 heavy (non-hydrogen) atoms. The van der Waals surface area contributed by atoms with E-state index in [1.54, 1.807) is 31.2 Å². The molecule has 0 aliphatic rings. The monoisotopic (exact) mass is 443 g/mol. The van der Waals surface area contributed by atoms with Crippen LogP contribution < -0.4 is 21.9 Å². The lowest BCUT2D eigenvalue weighted by atomic mass is 10.1. The van der Waals surface area contributed by atoms with Crippen molar-refractivity contribution in [2.24, 2.45) is 0 Å². The van der Waals surface area contributed by atoms with Crippen molar-refractivity contribution in [2.45, 2.75) is 13.5 Å². The van der Waals surface area contributed by atoms with Gasteiger partial charge in [0, 0.05) is 18.7 Å². The Hall–Kier alpha value is -3.92. The number of benzene rings is 2. The Kier molecular flexibility index (Phi) is 6.21. The summed E-state index contributed by atoms with van der Waals surface area (Å²) in [5.41, 5.74) is 4.57. The quantitative estimate of drug-likeness (QED) is 0.442. The second kappa shape index (κ2) is 8.84. The third-order valence-electron chi connectivity index (χ3n) is 4.62. The maximum Gasteiger partial charge on any atom is 0.330 e. The normalized spacial score (nSPS) is 10.6. The summed E-state index contributed by atoms with van der Waals surface area (Å²) in [7, 11) is 0. The summed E-state index contributed by atoms with van der Waals surface area (Å²) in [6, 6.07) is 12.4. The van der Waals surface area contributed by atoms with E-state index in [1.807, 2.05) is 6.07 Å². The zero-order valence-corrected chi connectivity index (χ0v) is 17.1. The Morgan fingerprint density at radius 1 is 1.23 bits per heavy atom. The van der Waals surface area contributed by atoms with E-state index in [9.17, 15) is 24.5 Å². The summed E-state index contributed by atoms with van der Waals surface area (Å²) in [6.07, 6.45) is 0. The average molecular weight is 444 g/mol. The van der Waals surface area contributed by atoms with Crippen LogP contribution in [0.4, 0.5) is 17.2 Å². The molecular formula is C20H18ClN5O5. The molecule has 1 heterocycles. The fourth-order valence-corrected chi connectivity index (χ4v) is 3.30. The van der Waals surface area contributed by atoms with E-state index in [1.165, 1.54) is 6.07 Å². The van der Waals surface area contributed by atoms with Gasteiger partial charge in [-0.2, -0.15) is 0 Å². The predicted molar refractivity (Wildman–Crippen MR) is 117 cm³/mol. The van der Waals surface area contributed by atoms with Crippen LogP contribution in [0.1, 0.15) is 22.8 Å². The molecule has 3 aromatic rings. The van der Waals surface area contributed by atoms with Gasteiger partial charge in [-0.15, -0.1) is 0 Å². The number of carbonyl (C=O) groups is 1. The molecule has 0 aliphatic carbocycles. The van der Waals surface area contributed by atoms with Crippen LogP contribution >= 0.6 is 11.6 Å². The number of nitrogen functional groups attached to an aromatic ring is 1. The minimum absolute atomic E-state index is 0.00528. The number of nitro benzene ring substituents is 1. The average Bonchev–Trinajstić information content (AvgIpc) is 2.74. The van der Waals surface area contributed by atoms with Crippen LogP contribution in [0.15, 0.2) is 58.1 Å². The van der Waals surface area contributed by atoms with E-state index in [2.05, 4.69) is 4.98 Å². The number of nitrogens with one attached hydrogen (secondary N) is 1. The zero-order chi connectivity index (χ0) is 22.7. The summed E-state index contributed by atoms with van der Waals surface area (Å²) in [5, 5.41) is 11.1. The fraction of sp³-hybridized carbons (Fsp3) is 0.150. The number of carbonyl (C=O) groups excluding carboxylic acids is 1. The largest absolute Gasteiger partial charge is 0.383 e. The Balaban J connectivity index is 2.12. The molecule has 160 valence electrons. The van der Waals surface area contributed by atoms with E-state index in [0.717, 1.165) is 27.2 Å². The van der Waals surface area contributed by atoms with Gasteiger partial charge in [-0.25, -0.2) is 4.79 Å². The molecule has 3 rings (SSSR count). The van der Waals surface area contributed by atoms with Gasteiger partial charge in [-0.05, 0) is 18.6 Å². The highest BCUT2D eigenvalue weighted by molar-refractivity contribution is 6.34. The molecule has 1 aromatic heterocycles. The molecule has 0 saturated carbocycles. The molecule has 0 fully saturated rings. The van der Waals surface area contributed by atoms with Crippen LogP contribution in [0.5, 0.6) is 0 Å². The van der Waals surface area contributed by atoms with Crippen molar-refractivity contribution in [1.82, 2.24) is 9.55 Å². The number of aromatic nitrogens is 2. The first-order valence-electron chi connectivity index (χ1n) is 9.17. The molecule has 11 heteroatoms. The second-order valence-corrected chi connectivity index (χ2v) is 6.94. The number of nitrogens with two attached hydrogens (primary N) is 1. The van der Waals surface area contributed by atoms with Crippen molar-refractivity contribution in [3.63, 3.8) is 0 Å². The zero-order valence-electron chi connectivity index (χ0n) is 16.4. The maximum absolute atomic E-state index is 13.2. The number of aromatic amines is 1. The highest BCUT2D eigenvalue weighted by Gasteiger charge is 2.26. The van der Waals surface area contributed by atoms with Crippen LogP contribution in [-0.4, -0.2) is 26.9 Å². The maximum atomic E-state index is 13.2. The van der Waals surface area contributed by atoms with E-state index in [-0.39, 0.29) is 40.9 Å². The minimum atomic E-state index is -0.858. The van der Waals surface area contributed by atoms with E-state index < -0.39 is 22.1 Å². The Morgan fingerprint density at radius 2 is 1.90 bits per heavy atom. The van der Waals surface area contributed by atoms with Crippen molar-refractivity contribution < 1.29 is 9.72 Å². The molecule has 0 unspecified atom stereocenters. The molecule has 2 aromatic carbocycles. The lowest BCUT2D eigenvalue weighted by Crippen LogP contribution is -2.41. The molecule has 0 saturated heterocycles. The SMILES string of the molecule is CCN(C(=O)c1cc([N+](=O)[O-])ccc1Cl)c1c(N)n(Cc2ccccc2)c(=O)[nH]c1=O. The fourth-order valence-electron chi connectivity index (χ4n) is 3.10. The number of hydrogen-bond donors (Lipinski definition) is 2. The number of non-ortho nitro benzene ring substituents is 1. The first-order valence-corrected chi connectivity index (χ1v) is 9.54. The van der Waals surface area contributed by atoms with E-state index in [0.29, 0.717) is 0 Å². The molecule has 0 aliphatic heterocycles. The number of H-pyrrole nitrogens is 1. The molecule has 1 amide bonds. The Bertz CT molecular complexity index is 1270. The van der Waals surface area contributed by atoms with Gasteiger partial charge >= 0.3 is 5.69 Å². The predicted octanol–water partition coefficient (Wildman–Crippen LogP) is 2.40. The van der Waals surface area contributed by atoms with Gasteiger partial charge in [-0.3, -0.25) is 29.3 Å². The number of anilines is 2. The van der Waals surface area contributed by atoms with Crippen LogP contribution in [-0.2, 0) is 6.54 Å². The number of nitrogens with zero attached hydrogens (tertiary/aromatic N) is 3. The highest BCUT2D eigenvalue weighted by Crippen LogP contribution is 2.26. The third-order valence-corrected chi connectivity index (χ3v) is 4.95. The molecule has 0 bridgehead atoms. The summed E-state index contributed by atoms with van der Waals surface area (Å²) in [4.78, 5) is 51.7. The number of hydrogen-bond acceptors (Lipinski definition) is 6. The van der Waals surface area contributed by atoms with Crippen molar-refractivity contribution in [3.05, 3.63) is 95.6 Å². The number of rotatable bonds is 6. The minimum Gasteiger partial charge on any atom is -0.383 e. The van der Waals surface area contributed by atoms with Gasteiger partial charge in [0.05, 0.1) is 22.1 Å². The molecule has 10 nitrogen and oxygen atoms in total. The molecule has 0 atom stereocenters. The lowest BCUT2D eigenvalue weighted by Gasteiger charge is -2.23. The number of halogens is 1. The van der Waals surface area contributed by atoms with E-state index >= 15 is 0 Å². The van der Waals surface area contributed by atoms with E-state index in [4.69, 9.17) is 17.3 Å². The van der Waals surface area contributed by atoms with Crippen molar-refractivity contribution in [1.29, 1.82) is 0 Å². The summed E-state index contributed by atoms with van der Waals surface area (Å²) in [6.45, 7) is 1.65. The molecule has 3 N–H and O–H groups in total. The van der Waals surface area contributed by atoms with Gasteiger partial charge in [0.25, 0.3) is 17.2 Å². The summed E-state index contributed by atoms with van der Waals surface area (Å²) in [5.74, 6) is -0.979. The number of nitro groups is 1. The Morgan fingerprint density at radius 3 is 2.52 bits per heavy atom. The lowest BCUT2D eigenvalue weighted by molar-refractivity contribution is -0.384. The summed E-state index contributed by atoms with van der Waals surface area (Å²) >= 11 is 6.09. The van der Waals surface area contributed by atoms with Gasteiger partial charge in [0.2, 0.25) is 0 Å². The van der Waals surface area contributed by atoms with Crippen molar-refractivity contribution >= 4 is 34.7 Å². The van der Waals surface area contributed by atoms with Crippen LogP contribution in [0.3, 0.4) is 0 Å². The van der Waals surface area contributed by atoms with Crippen LogP contribution in [0, 0.1) is 10.1 Å². The standard InChI is InChI=1S/C20H18ClN5O5/c1-2-24(19(28)14-10-13(26(30)31)8-9-15(14)21)16-17(22)25(20(29)23-18(16)27)11-12-6-4-3-5-7-12/h3-10H,2,11,22H2,1H3,(H,23,27,29). The smallest absolute Gasteiger partial charge is 0.330 e. The van der Waals surface area contributed by atoms with Crippen LogP contribution in [0.25, 0.3) is 0 Å². The molecule has 0 spiro atoms. The first-order chi connectivity index (χ1) is 14.7. The first kappa shape index (κ1) is 21.8. The number of amides is 1. The van der Waals surface area contributed by atoms with Gasteiger partial charge in [-0.1, -0.05) is 41.9 Å². The Labute approximate surface area is 180 Å². The summed E-state index contributed by atoms with van der Waals surface area (Å²) < 4.78 is 1.14. The molecular weight excluding hydrogens is 426 g/mol. The third kappa shape index (κ3) is 4.33. The van der Waals surface area contributed by atoms with Gasteiger partial charge in [0.15, 0.2) is 5.69 Å². The van der Waals surface area contributed by atoms with Crippen molar-refractivity contribution in [2.75, 3.05) is 17.2 Å². The van der Waals surface area contributed by atoms with Crippen LogP contribution in [0.2, 0.25) is 5.02 Å².